The maximum absolute atomic E-state index is 12.8. The number of fused-ring (bicyclic) bond motifs is 1. The molecule has 0 atom stereocenters. The standard InChI is InChI=1S/C22H25NO4/c1-16-11-12-19-18(14-16)23(21(25)22(2,3)27-19)15-20(24)26-13-7-10-17-8-5-4-6-9-17/h4-6,8-9,11-12,14H,7,10,13,15H2,1-3H3. The fourth-order valence-corrected chi connectivity index (χ4v) is 3.12. The highest BCUT2D eigenvalue weighted by atomic mass is 16.5. The summed E-state index contributed by atoms with van der Waals surface area (Å²) in [5, 5.41) is 0. The van der Waals surface area contributed by atoms with Crippen LogP contribution in [0.3, 0.4) is 0 Å². The molecule has 1 heterocycles. The summed E-state index contributed by atoms with van der Waals surface area (Å²) in [5.41, 5.74) is 1.80. The first-order valence-electron chi connectivity index (χ1n) is 9.18. The Bertz CT molecular complexity index is 829. The number of anilines is 1. The Morgan fingerprint density at radius 3 is 2.63 bits per heavy atom. The molecule has 5 nitrogen and oxygen atoms in total. The highest BCUT2D eigenvalue weighted by molar-refractivity contribution is 6.05. The zero-order valence-electron chi connectivity index (χ0n) is 16.0. The summed E-state index contributed by atoms with van der Waals surface area (Å²) in [6.07, 6.45) is 1.59. The molecule has 0 radical (unpaired) electrons. The summed E-state index contributed by atoms with van der Waals surface area (Å²) in [5.74, 6) is -0.0644. The van der Waals surface area contributed by atoms with Crippen molar-refractivity contribution in [1.29, 1.82) is 0 Å². The number of hydrogen-bond acceptors (Lipinski definition) is 4. The van der Waals surface area contributed by atoms with E-state index in [4.69, 9.17) is 9.47 Å². The SMILES string of the molecule is Cc1ccc2c(c1)N(CC(=O)OCCCc1ccccc1)C(=O)C(C)(C)O2. The molecular formula is C22H25NO4. The van der Waals surface area contributed by atoms with Gasteiger partial charge in [0.05, 0.1) is 12.3 Å². The zero-order chi connectivity index (χ0) is 19.4. The van der Waals surface area contributed by atoms with Crippen LogP contribution >= 0.6 is 0 Å². The summed E-state index contributed by atoms with van der Waals surface area (Å²) in [7, 11) is 0. The number of ether oxygens (including phenoxy) is 2. The molecule has 2 aromatic rings. The summed E-state index contributed by atoms with van der Waals surface area (Å²) in [4.78, 5) is 26.5. The Kier molecular flexibility index (Phi) is 5.49. The van der Waals surface area contributed by atoms with Crippen molar-refractivity contribution in [3.05, 3.63) is 59.7 Å². The van der Waals surface area contributed by atoms with Gasteiger partial charge in [-0.3, -0.25) is 14.5 Å². The molecule has 0 fully saturated rings. The van der Waals surface area contributed by atoms with Crippen molar-refractivity contribution in [2.24, 2.45) is 0 Å². The molecule has 1 amide bonds. The quantitative estimate of drug-likeness (QED) is 0.577. The number of amides is 1. The van der Waals surface area contributed by atoms with Gasteiger partial charge in [-0.2, -0.15) is 0 Å². The van der Waals surface area contributed by atoms with Crippen LogP contribution in [0, 0.1) is 6.92 Å². The fourth-order valence-electron chi connectivity index (χ4n) is 3.12. The highest BCUT2D eigenvalue weighted by Gasteiger charge is 2.41. The van der Waals surface area contributed by atoms with E-state index in [2.05, 4.69) is 12.1 Å². The third-order valence-corrected chi connectivity index (χ3v) is 4.53. The molecule has 142 valence electrons. The van der Waals surface area contributed by atoms with Gasteiger partial charge in [0.15, 0.2) is 5.60 Å². The molecule has 3 rings (SSSR count). The second-order valence-electron chi connectivity index (χ2n) is 7.28. The van der Waals surface area contributed by atoms with Crippen LogP contribution in [0.15, 0.2) is 48.5 Å². The molecule has 0 unspecified atom stereocenters. The van der Waals surface area contributed by atoms with Crippen molar-refractivity contribution < 1.29 is 19.1 Å². The van der Waals surface area contributed by atoms with E-state index in [0.717, 1.165) is 18.4 Å². The number of hydrogen-bond donors (Lipinski definition) is 0. The lowest BCUT2D eigenvalue weighted by atomic mass is 10.0. The predicted octanol–water partition coefficient (Wildman–Crippen LogP) is 3.68. The van der Waals surface area contributed by atoms with Crippen molar-refractivity contribution >= 4 is 17.6 Å². The molecule has 27 heavy (non-hydrogen) atoms. The topological polar surface area (TPSA) is 55.8 Å². The van der Waals surface area contributed by atoms with Crippen LogP contribution < -0.4 is 9.64 Å². The number of aryl methyl sites for hydroxylation is 2. The molecule has 1 aliphatic rings. The van der Waals surface area contributed by atoms with Gasteiger partial charge in [-0.15, -0.1) is 0 Å². The van der Waals surface area contributed by atoms with E-state index in [1.165, 1.54) is 10.5 Å². The largest absolute Gasteiger partial charge is 0.476 e. The zero-order valence-corrected chi connectivity index (χ0v) is 16.0. The average molecular weight is 367 g/mol. The lowest BCUT2D eigenvalue weighted by molar-refractivity contribution is -0.144. The van der Waals surface area contributed by atoms with Gasteiger partial charge in [0.2, 0.25) is 0 Å². The van der Waals surface area contributed by atoms with Gasteiger partial charge in [-0.25, -0.2) is 0 Å². The maximum atomic E-state index is 12.8. The second kappa shape index (κ2) is 7.82. The number of esters is 1. The van der Waals surface area contributed by atoms with Crippen molar-refractivity contribution in [1.82, 2.24) is 0 Å². The molecular weight excluding hydrogens is 342 g/mol. The van der Waals surface area contributed by atoms with E-state index in [0.29, 0.717) is 18.0 Å². The van der Waals surface area contributed by atoms with E-state index in [9.17, 15) is 9.59 Å². The number of carbonyl (C=O) groups is 2. The first kappa shape index (κ1) is 19.0. The van der Waals surface area contributed by atoms with Crippen molar-refractivity contribution in [3.63, 3.8) is 0 Å². The van der Waals surface area contributed by atoms with Crippen molar-refractivity contribution in [2.45, 2.75) is 39.2 Å². The Morgan fingerprint density at radius 1 is 1.15 bits per heavy atom. The third kappa shape index (κ3) is 4.48. The molecule has 0 spiro atoms. The highest BCUT2D eigenvalue weighted by Crippen LogP contribution is 2.38. The van der Waals surface area contributed by atoms with Gasteiger partial charge in [-0.05, 0) is 56.9 Å². The Labute approximate surface area is 159 Å². The minimum atomic E-state index is -1.02. The number of rotatable bonds is 6. The van der Waals surface area contributed by atoms with Crippen LogP contribution in [-0.2, 0) is 20.7 Å². The lowest BCUT2D eigenvalue weighted by Crippen LogP contribution is -2.54. The van der Waals surface area contributed by atoms with Crippen LogP contribution in [0.5, 0.6) is 5.75 Å². The summed E-state index contributed by atoms with van der Waals surface area (Å²) in [6.45, 7) is 5.56. The molecule has 5 heteroatoms. The van der Waals surface area contributed by atoms with E-state index < -0.39 is 11.6 Å². The van der Waals surface area contributed by atoms with Crippen LogP contribution in [0.25, 0.3) is 0 Å². The maximum Gasteiger partial charge on any atom is 0.326 e. The van der Waals surface area contributed by atoms with E-state index in [1.807, 2.05) is 43.3 Å². The molecule has 0 bridgehead atoms. The minimum Gasteiger partial charge on any atom is -0.476 e. The van der Waals surface area contributed by atoms with Gasteiger partial charge in [-0.1, -0.05) is 36.4 Å². The monoisotopic (exact) mass is 367 g/mol. The third-order valence-electron chi connectivity index (χ3n) is 4.53. The van der Waals surface area contributed by atoms with E-state index in [-0.39, 0.29) is 12.5 Å². The first-order chi connectivity index (χ1) is 12.9. The molecule has 0 aromatic heterocycles. The normalized spacial score (nSPS) is 15.1. The number of carbonyl (C=O) groups excluding carboxylic acids is 2. The molecule has 2 aromatic carbocycles. The Balaban J connectivity index is 1.61. The van der Waals surface area contributed by atoms with E-state index >= 15 is 0 Å². The van der Waals surface area contributed by atoms with Crippen LogP contribution in [-0.4, -0.2) is 30.6 Å². The summed E-state index contributed by atoms with van der Waals surface area (Å²) < 4.78 is 11.2. The number of nitrogens with zero attached hydrogens (tertiary/aromatic N) is 1. The number of benzene rings is 2. The van der Waals surface area contributed by atoms with Crippen molar-refractivity contribution in [2.75, 3.05) is 18.1 Å². The van der Waals surface area contributed by atoms with Gasteiger partial charge < -0.3 is 9.47 Å². The van der Waals surface area contributed by atoms with Gasteiger partial charge in [0, 0.05) is 0 Å². The van der Waals surface area contributed by atoms with E-state index in [1.54, 1.807) is 13.8 Å². The van der Waals surface area contributed by atoms with Crippen LogP contribution in [0.1, 0.15) is 31.4 Å². The van der Waals surface area contributed by atoms with Crippen molar-refractivity contribution in [3.8, 4) is 5.75 Å². The van der Waals surface area contributed by atoms with Crippen LogP contribution in [0.4, 0.5) is 5.69 Å². The molecule has 1 aliphatic heterocycles. The Morgan fingerprint density at radius 2 is 1.89 bits per heavy atom. The minimum absolute atomic E-state index is 0.118. The molecule has 0 saturated heterocycles. The molecule has 0 N–H and O–H groups in total. The predicted molar refractivity (Wildman–Crippen MR) is 104 cm³/mol. The molecule has 0 aliphatic carbocycles. The van der Waals surface area contributed by atoms with Crippen LogP contribution in [0.2, 0.25) is 0 Å². The average Bonchev–Trinajstić information content (AvgIpc) is 2.64. The second-order valence-corrected chi connectivity index (χ2v) is 7.28. The van der Waals surface area contributed by atoms with Gasteiger partial charge in [0.25, 0.3) is 5.91 Å². The molecule has 0 saturated carbocycles. The fraction of sp³-hybridized carbons (Fsp3) is 0.364. The van der Waals surface area contributed by atoms with Gasteiger partial charge in [0.1, 0.15) is 12.3 Å². The lowest BCUT2D eigenvalue weighted by Gasteiger charge is -2.38. The smallest absolute Gasteiger partial charge is 0.326 e. The summed E-state index contributed by atoms with van der Waals surface area (Å²) in [6, 6.07) is 15.7. The summed E-state index contributed by atoms with van der Waals surface area (Å²) >= 11 is 0. The first-order valence-corrected chi connectivity index (χ1v) is 9.18. The Hall–Kier alpha value is -2.82. The van der Waals surface area contributed by atoms with Gasteiger partial charge >= 0.3 is 5.97 Å².